The molecular formula is C14H26N2O2. The van der Waals surface area contributed by atoms with Gasteiger partial charge in [0.15, 0.2) is 0 Å². The van der Waals surface area contributed by atoms with Crippen LogP contribution in [-0.2, 0) is 9.53 Å². The van der Waals surface area contributed by atoms with Crippen LogP contribution < -0.4 is 0 Å². The summed E-state index contributed by atoms with van der Waals surface area (Å²) in [5.41, 5.74) is 0. The lowest BCUT2D eigenvalue weighted by Gasteiger charge is -2.38. The molecule has 0 spiro atoms. The van der Waals surface area contributed by atoms with E-state index < -0.39 is 0 Å². The Labute approximate surface area is 110 Å². The van der Waals surface area contributed by atoms with E-state index in [-0.39, 0.29) is 18.6 Å². The number of likely N-dealkylation sites (tertiary alicyclic amines) is 2. The third kappa shape index (κ3) is 3.45. The maximum atomic E-state index is 12.0. The molecule has 0 saturated carbocycles. The Balaban J connectivity index is 1.61. The van der Waals surface area contributed by atoms with Gasteiger partial charge in [0.05, 0.1) is 6.10 Å². The number of ether oxygens (including phenoxy) is 1. The third-order valence-electron chi connectivity index (χ3n) is 4.36. The zero-order valence-corrected chi connectivity index (χ0v) is 11.7. The Morgan fingerprint density at radius 3 is 2.44 bits per heavy atom. The van der Waals surface area contributed by atoms with E-state index in [1.54, 1.807) is 0 Å². The maximum Gasteiger partial charge on any atom is 0.248 e. The molecule has 2 aliphatic heterocycles. The molecule has 2 heterocycles. The predicted octanol–water partition coefficient (Wildman–Crippen LogP) is 1.36. The van der Waals surface area contributed by atoms with Gasteiger partial charge in [0.25, 0.3) is 0 Å². The first-order valence-corrected chi connectivity index (χ1v) is 7.34. The molecule has 4 heteroatoms. The number of piperidine rings is 1. The lowest BCUT2D eigenvalue weighted by Crippen LogP contribution is -2.53. The minimum absolute atomic E-state index is 0.180. The van der Waals surface area contributed by atoms with Crippen molar-refractivity contribution in [3.8, 4) is 0 Å². The summed E-state index contributed by atoms with van der Waals surface area (Å²) in [5.74, 6) is 0.999. The number of hydrogen-bond acceptors (Lipinski definition) is 3. The van der Waals surface area contributed by atoms with Crippen molar-refractivity contribution in [1.82, 2.24) is 9.80 Å². The van der Waals surface area contributed by atoms with Crippen LogP contribution in [0, 0.1) is 5.92 Å². The highest BCUT2D eigenvalue weighted by molar-refractivity contribution is 5.77. The lowest BCUT2D eigenvalue weighted by molar-refractivity contribution is -0.143. The van der Waals surface area contributed by atoms with Crippen molar-refractivity contribution in [3.05, 3.63) is 0 Å². The summed E-state index contributed by atoms with van der Waals surface area (Å²) in [6.45, 7) is 9.57. The summed E-state index contributed by atoms with van der Waals surface area (Å²) in [6, 6.07) is 0. The van der Waals surface area contributed by atoms with E-state index in [2.05, 4.69) is 18.7 Å². The van der Waals surface area contributed by atoms with Crippen LogP contribution in [0.4, 0.5) is 0 Å². The van der Waals surface area contributed by atoms with E-state index >= 15 is 0 Å². The van der Waals surface area contributed by atoms with Gasteiger partial charge in [0.2, 0.25) is 5.91 Å². The molecule has 0 aromatic heterocycles. The molecule has 0 atom stereocenters. The minimum atomic E-state index is 0.180. The summed E-state index contributed by atoms with van der Waals surface area (Å²) < 4.78 is 5.65. The van der Waals surface area contributed by atoms with Gasteiger partial charge in [-0.1, -0.05) is 20.3 Å². The molecule has 0 aromatic rings. The number of hydrogen-bond donors (Lipinski definition) is 0. The van der Waals surface area contributed by atoms with Crippen LogP contribution in [0.1, 0.15) is 33.1 Å². The molecule has 2 aliphatic rings. The second-order valence-electron chi connectivity index (χ2n) is 5.52. The average molecular weight is 254 g/mol. The van der Waals surface area contributed by atoms with Gasteiger partial charge in [-0.05, 0) is 25.3 Å². The van der Waals surface area contributed by atoms with E-state index in [1.807, 2.05) is 4.90 Å². The predicted molar refractivity (Wildman–Crippen MR) is 71.4 cm³/mol. The summed E-state index contributed by atoms with van der Waals surface area (Å²) in [7, 11) is 0. The monoisotopic (exact) mass is 254 g/mol. The normalized spacial score (nSPS) is 23.1. The molecule has 0 bridgehead atoms. The van der Waals surface area contributed by atoms with Crippen molar-refractivity contribution < 1.29 is 9.53 Å². The van der Waals surface area contributed by atoms with Crippen molar-refractivity contribution in [2.45, 2.75) is 39.2 Å². The smallest absolute Gasteiger partial charge is 0.248 e. The fourth-order valence-corrected chi connectivity index (χ4v) is 2.76. The number of carbonyl (C=O) groups excluding carboxylic acids is 1. The molecule has 0 unspecified atom stereocenters. The summed E-state index contributed by atoms with van der Waals surface area (Å²) >= 11 is 0. The first-order valence-electron chi connectivity index (χ1n) is 7.34. The molecule has 2 rings (SSSR count). The molecule has 4 nitrogen and oxygen atoms in total. The SMILES string of the molecule is CCC1CCN(C(=O)COC2CN(CC)C2)CC1. The van der Waals surface area contributed by atoms with Crippen molar-refractivity contribution in [2.24, 2.45) is 5.92 Å². The van der Waals surface area contributed by atoms with Gasteiger partial charge in [-0.3, -0.25) is 9.69 Å². The fourth-order valence-electron chi connectivity index (χ4n) is 2.76. The van der Waals surface area contributed by atoms with Gasteiger partial charge in [0.1, 0.15) is 6.61 Å². The summed E-state index contributed by atoms with van der Waals surface area (Å²) in [5, 5.41) is 0. The molecule has 0 radical (unpaired) electrons. The van der Waals surface area contributed by atoms with Gasteiger partial charge < -0.3 is 9.64 Å². The average Bonchev–Trinajstić information content (AvgIpc) is 2.37. The van der Waals surface area contributed by atoms with E-state index in [0.717, 1.165) is 51.5 Å². The van der Waals surface area contributed by atoms with Crippen molar-refractivity contribution in [1.29, 1.82) is 0 Å². The first-order chi connectivity index (χ1) is 8.72. The second-order valence-corrected chi connectivity index (χ2v) is 5.52. The fraction of sp³-hybridized carbons (Fsp3) is 0.929. The van der Waals surface area contributed by atoms with Gasteiger partial charge in [-0.15, -0.1) is 0 Å². The summed E-state index contributed by atoms with van der Waals surface area (Å²) in [4.78, 5) is 16.3. The molecule has 0 aromatic carbocycles. The number of nitrogens with zero attached hydrogens (tertiary/aromatic N) is 2. The Morgan fingerprint density at radius 1 is 1.22 bits per heavy atom. The van der Waals surface area contributed by atoms with Crippen LogP contribution in [0.15, 0.2) is 0 Å². The standard InChI is InChI=1S/C14H26N2O2/c1-3-12-5-7-16(8-6-12)14(17)11-18-13-9-15(4-2)10-13/h12-13H,3-11H2,1-2H3. The number of amides is 1. The summed E-state index contributed by atoms with van der Waals surface area (Å²) in [6.07, 6.45) is 3.85. The van der Waals surface area contributed by atoms with Crippen LogP contribution >= 0.6 is 0 Å². The molecule has 1 amide bonds. The van der Waals surface area contributed by atoms with Crippen LogP contribution in [-0.4, -0.2) is 61.1 Å². The first kappa shape index (κ1) is 13.8. The second kappa shape index (κ2) is 6.53. The van der Waals surface area contributed by atoms with E-state index in [1.165, 1.54) is 6.42 Å². The molecule has 2 saturated heterocycles. The zero-order chi connectivity index (χ0) is 13.0. The van der Waals surface area contributed by atoms with Crippen LogP contribution in [0.25, 0.3) is 0 Å². The zero-order valence-electron chi connectivity index (χ0n) is 11.7. The van der Waals surface area contributed by atoms with Crippen molar-refractivity contribution in [3.63, 3.8) is 0 Å². The Morgan fingerprint density at radius 2 is 1.89 bits per heavy atom. The molecular weight excluding hydrogens is 228 g/mol. The molecule has 0 N–H and O–H groups in total. The third-order valence-corrected chi connectivity index (χ3v) is 4.36. The maximum absolute atomic E-state index is 12.0. The number of rotatable bonds is 5. The van der Waals surface area contributed by atoms with Crippen molar-refractivity contribution >= 4 is 5.91 Å². The van der Waals surface area contributed by atoms with E-state index in [9.17, 15) is 4.79 Å². The Hall–Kier alpha value is -0.610. The van der Waals surface area contributed by atoms with Crippen LogP contribution in [0.5, 0.6) is 0 Å². The number of likely N-dealkylation sites (N-methyl/N-ethyl adjacent to an activating group) is 1. The molecule has 104 valence electrons. The van der Waals surface area contributed by atoms with Gasteiger partial charge >= 0.3 is 0 Å². The number of carbonyl (C=O) groups is 1. The molecule has 0 aliphatic carbocycles. The van der Waals surface area contributed by atoms with Crippen LogP contribution in [0.2, 0.25) is 0 Å². The minimum Gasteiger partial charge on any atom is -0.366 e. The largest absolute Gasteiger partial charge is 0.366 e. The molecule has 2 fully saturated rings. The van der Waals surface area contributed by atoms with E-state index in [0.29, 0.717) is 0 Å². The highest BCUT2D eigenvalue weighted by Gasteiger charge is 2.28. The van der Waals surface area contributed by atoms with E-state index in [4.69, 9.17) is 4.74 Å². The van der Waals surface area contributed by atoms with Crippen molar-refractivity contribution in [2.75, 3.05) is 39.3 Å². The van der Waals surface area contributed by atoms with Crippen LogP contribution in [0.3, 0.4) is 0 Å². The highest BCUT2D eigenvalue weighted by Crippen LogP contribution is 2.20. The van der Waals surface area contributed by atoms with Gasteiger partial charge in [-0.2, -0.15) is 0 Å². The Bertz CT molecular complexity index is 269. The quantitative estimate of drug-likeness (QED) is 0.742. The topological polar surface area (TPSA) is 32.8 Å². The Kier molecular flexibility index (Phi) is 5.01. The molecule has 18 heavy (non-hydrogen) atoms. The van der Waals surface area contributed by atoms with Gasteiger partial charge in [0, 0.05) is 26.2 Å². The highest BCUT2D eigenvalue weighted by atomic mass is 16.5. The van der Waals surface area contributed by atoms with Gasteiger partial charge in [-0.25, -0.2) is 0 Å². The lowest BCUT2D eigenvalue weighted by atomic mass is 9.94.